The van der Waals surface area contributed by atoms with Gasteiger partial charge in [0, 0.05) is 52.4 Å². The van der Waals surface area contributed by atoms with E-state index in [4.69, 9.17) is 0 Å². The van der Waals surface area contributed by atoms with Gasteiger partial charge in [-0.05, 0) is 18.6 Å². The zero-order chi connectivity index (χ0) is 21.8. The van der Waals surface area contributed by atoms with Gasteiger partial charge in [0.2, 0.25) is 15.9 Å². The van der Waals surface area contributed by atoms with E-state index >= 15 is 0 Å². The maximum Gasteiger partial charge on any atom is 0.262 e. The molecule has 0 spiro atoms. The fraction of sp³-hybridized carbons (Fsp3) is 0.444. The molecule has 1 amide bonds. The molecule has 164 valence electrons. The third-order valence-corrected chi connectivity index (χ3v) is 8.45. The lowest BCUT2D eigenvalue weighted by atomic mass is 10.3. The first kappa shape index (κ1) is 22.4. The van der Waals surface area contributed by atoms with Gasteiger partial charge in [0.1, 0.15) is 0 Å². The van der Waals surface area contributed by atoms with Gasteiger partial charge in [-0.2, -0.15) is 8.61 Å². The van der Waals surface area contributed by atoms with Crippen molar-refractivity contribution in [1.29, 1.82) is 0 Å². The quantitative estimate of drug-likeness (QED) is 0.693. The first-order valence-corrected chi connectivity index (χ1v) is 12.4. The predicted octanol–water partition coefficient (Wildman–Crippen LogP) is 0.0117. The summed E-state index contributed by atoms with van der Waals surface area (Å²) in [5.41, 5.74) is 0. The van der Waals surface area contributed by atoms with Crippen molar-refractivity contribution in [3.05, 3.63) is 42.9 Å². The summed E-state index contributed by atoms with van der Waals surface area (Å²) in [6, 6.07) is 7.98. The predicted molar refractivity (Wildman–Crippen MR) is 109 cm³/mol. The van der Waals surface area contributed by atoms with Crippen LogP contribution < -0.4 is 5.32 Å². The highest BCUT2D eigenvalue weighted by Crippen LogP contribution is 2.18. The molecule has 0 aliphatic carbocycles. The molecule has 1 aromatic heterocycles. The zero-order valence-electron chi connectivity index (χ0n) is 16.6. The smallest absolute Gasteiger partial charge is 0.262 e. The van der Waals surface area contributed by atoms with Gasteiger partial charge in [0.25, 0.3) is 10.0 Å². The fourth-order valence-corrected chi connectivity index (χ4v) is 6.10. The zero-order valence-corrected chi connectivity index (χ0v) is 18.3. The number of amides is 1. The second-order valence-electron chi connectivity index (χ2n) is 6.95. The summed E-state index contributed by atoms with van der Waals surface area (Å²) in [6.45, 7) is 0.441. The molecule has 12 heteroatoms. The molecule has 1 aliphatic heterocycles. The Balaban J connectivity index is 1.82. The van der Waals surface area contributed by atoms with E-state index in [0.29, 0.717) is 0 Å². The Bertz CT molecular complexity index is 1080. The van der Waals surface area contributed by atoms with Gasteiger partial charge in [-0.25, -0.2) is 21.8 Å². The van der Waals surface area contributed by atoms with E-state index in [1.165, 1.54) is 37.8 Å². The SMILES string of the molecule is Cn1cnc(S(=O)(=O)N2CCCN(S(=O)(=O)c3ccccc3)CCC(=O)NCC2)c1. The molecule has 2 aromatic rings. The Morgan fingerprint density at radius 2 is 1.60 bits per heavy atom. The molecule has 3 rings (SSSR count). The molecule has 0 radical (unpaired) electrons. The maximum atomic E-state index is 13.0. The summed E-state index contributed by atoms with van der Waals surface area (Å²) in [5.74, 6) is -0.333. The molecule has 30 heavy (non-hydrogen) atoms. The van der Waals surface area contributed by atoms with Gasteiger partial charge in [-0.3, -0.25) is 4.79 Å². The topological polar surface area (TPSA) is 122 Å². The molecular weight excluding hydrogens is 430 g/mol. The minimum absolute atomic E-state index is 0.000938. The van der Waals surface area contributed by atoms with E-state index in [-0.39, 0.29) is 61.4 Å². The van der Waals surface area contributed by atoms with Gasteiger partial charge in [-0.1, -0.05) is 18.2 Å². The molecule has 0 unspecified atom stereocenters. The van der Waals surface area contributed by atoms with Crippen LogP contribution in [0.25, 0.3) is 0 Å². The molecule has 0 saturated carbocycles. The monoisotopic (exact) mass is 455 g/mol. The number of rotatable bonds is 4. The van der Waals surface area contributed by atoms with Crippen molar-refractivity contribution in [2.75, 3.05) is 32.7 Å². The van der Waals surface area contributed by atoms with E-state index in [9.17, 15) is 21.6 Å². The minimum Gasteiger partial charge on any atom is -0.355 e. The molecule has 1 N–H and O–H groups in total. The van der Waals surface area contributed by atoms with E-state index in [0.717, 1.165) is 0 Å². The maximum absolute atomic E-state index is 13.0. The third-order valence-electron chi connectivity index (χ3n) is 4.75. The Morgan fingerprint density at radius 3 is 2.23 bits per heavy atom. The van der Waals surface area contributed by atoms with Gasteiger partial charge >= 0.3 is 0 Å². The number of hydrogen-bond acceptors (Lipinski definition) is 6. The summed E-state index contributed by atoms with van der Waals surface area (Å²) in [4.78, 5) is 16.2. The summed E-state index contributed by atoms with van der Waals surface area (Å²) < 4.78 is 55.9. The molecule has 0 atom stereocenters. The number of nitrogens with one attached hydrogen (secondary N) is 1. The van der Waals surface area contributed by atoms with Crippen molar-refractivity contribution < 1.29 is 21.6 Å². The molecular formula is C18H25N5O5S2. The largest absolute Gasteiger partial charge is 0.355 e. The first-order valence-electron chi connectivity index (χ1n) is 9.51. The van der Waals surface area contributed by atoms with Crippen LogP contribution in [0.2, 0.25) is 0 Å². The second kappa shape index (κ2) is 9.25. The summed E-state index contributed by atoms with van der Waals surface area (Å²) in [6.07, 6.45) is 3.09. The minimum atomic E-state index is -3.86. The summed E-state index contributed by atoms with van der Waals surface area (Å²) in [7, 11) is -5.99. The van der Waals surface area contributed by atoms with E-state index in [2.05, 4.69) is 10.3 Å². The van der Waals surface area contributed by atoms with Crippen LogP contribution in [0.15, 0.2) is 52.8 Å². The molecule has 1 aromatic carbocycles. The third kappa shape index (κ3) is 5.06. The highest BCUT2D eigenvalue weighted by Gasteiger charge is 2.29. The number of nitrogens with zero attached hydrogens (tertiary/aromatic N) is 4. The number of imidazole rings is 1. The van der Waals surface area contributed by atoms with Crippen molar-refractivity contribution in [2.24, 2.45) is 7.05 Å². The van der Waals surface area contributed by atoms with Gasteiger partial charge in [0.15, 0.2) is 5.03 Å². The molecule has 1 saturated heterocycles. The number of hydrogen-bond donors (Lipinski definition) is 1. The average Bonchev–Trinajstić information content (AvgIpc) is 3.14. The number of aromatic nitrogens is 2. The number of aryl methyl sites for hydroxylation is 1. The molecule has 1 aliphatic rings. The van der Waals surface area contributed by atoms with Crippen LogP contribution in [0.1, 0.15) is 12.8 Å². The molecule has 0 bridgehead atoms. The van der Waals surface area contributed by atoms with Crippen LogP contribution in [-0.4, -0.2) is 73.6 Å². The highest BCUT2D eigenvalue weighted by atomic mass is 32.2. The lowest BCUT2D eigenvalue weighted by Crippen LogP contribution is -2.39. The Kier molecular flexibility index (Phi) is 6.91. The first-order chi connectivity index (χ1) is 14.2. The van der Waals surface area contributed by atoms with Crippen LogP contribution in [0.3, 0.4) is 0 Å². The molecule has 2 heterocycles. The van der Waals surface area contributed by atoms with E-state index in [1.807, 2.05) is 0 Å². The summed E-state index contributed by atoms with van der Waals surface area (Å²) >= 11 is 0. The molecule has 10 nitrogen and oxygen atoms in total. The van der Waals surface area contributed by atoms with Crippen LogP contribution in [0, 0.1) is 0 Å². The van der Waals surface area contributed by atoms with Crippen LogP contribution >= 0.6 is 0 Å². The summed E-state index contributed by atoms with van der Waals surface area (Å²) in [5, 5.41) is 2.58. The van der Waals surface area contributed by atoms with E-state index in [1.54, 1.807) is 25.2 Å². The number of carbonyl (C=O) groups is 1. The van der Waals surface area contributed by atoms with E-state index < -0.39 is 20.0 Å². The second-order valence-corrected chi connectivity index (χ2v) is 10.8. The number of benzene rings is 1. The normalized spacial score (nSPS) is 18.5. The Morgan fingerprint density at radius 1 is 0.933 bits per heavy atom. The molecule has 1 fully saturated rings. The van der Waals surface area contributed by atoms with Gasteiger partial charge in [-0.15, -0.1) is 0 Å². The highest BCUT2D eigenvalue weighted by molar-refractivity contribution is 7.89. The number of sulfonamides is 2. The van der Waals surface area contributed by atoms with Crippen molar-refractivity contribution in [3.63, 3.8) is 0 Å². The Labute approximate surface area is 176 Å². The van der Waals surface area contributed by atoms with Gasteiger partial charge in [0.05, 0.1) is 11.2 Å². The average molecular weight is 456 g/mol. The lowest BCUT2D eigenvalue weighted by Gasteiger charge is -2.23. The van der Waals surface area contributed by atoms with Crippen molar-refractivity contribution in [1.82, 2.24) is 23.5 Å². The lowest BCUT2D eigenvalue weighted by molar-refractivity contribution is -0.121. The Hall–Kier alpha value is -2.28. The van der Waals surface area contributed by atoms with Crippen LogP contribution in [-0.2, 0) is 31.9 Å². The van der Waals surface area contributed by atoms with Crippen LogP contribution in [0.5, 0.6) is 0 Å². The van der Waals surface area contributed by atoms with Crippen molar-refractivity contribution in [3.8, 4) is 0 Å². The number of carbonyl (C=O) groups excluding carboxylic acids is 1. The van der Waals surface area contributed by atoms with Crippen molar-refractivity contribution in [2.45, 2.75) is 22.8 Å². The fourth-order valence-electron chi connectivity index (χ4n) is 3.16. The van der Waals surface area contributed by atoms with Crippen LogP contribution in [0.4, 0.5) is 0 Å². The van der Waals surface area contributed by atoms with Crippen molar-refractivity contribution >= 4 is 26.0 Å². The van der Waals surface area contributed by atoms with Gasteiger partial charge < -0.3 is 9.88 Å². The standard InChI is InChI=1S/C18H25N5O5S2/c1-21-14-18(20-15-21)30(27,28)23-11-5-10-22(12-8-17(24)19-9-13-23)29(25,26)16-6-3-2-4-7-16/h2-4,6-7,14-15H,5,8-13H2,1H3,(H,19,24).